The van der Waals surface area contributed by atoms with Crippen LogP contribution in [0.15, 0.2) is 23.8 Å². The highest BCUT2D eigenvalue weighted by molar-refractivity contribution is 5.69. The van der Waals surface area contributed by atoms with Crippen LogP contribution in [0, 0.1) is 0 Å². The van der Waals surface area contributed by atoms with Gasteiger partial charge in [-0.25, -0.2) is 9.97 Å². The number of rotatable bonds is 4. The fraction of sp³-hybridized carbons (Fsp3) is 0.294. The van der Waals surface area contributed by atoms with Gasteiger partial charge >= 0.3 is 0 Å². The predicted octanol–water partition coefficient (Wildman–Crippen LogP) is 3.07. The minimum Gasteiger partial charge on any atom is -0.362 e. The maximum atomic E-state index is 4.72. The van der Waals surface area contributed by atoms with Crippen LogP contribution < -0.4 is 4.90 Å². The Morgan fingerprint density at radius 3 is 2.77 bits per heavy atom. The van der Waals surface area contributed by atoms with Crippen molar-refractivity contribution in [3.05, 3.63) is 35.7 Å². The van der Waals surface area contributed by atoms with Gasteiger partial charge in [0.15, 0.2) is 5.82 Å². The number of aliphatic imine (C=N–C) groups is 1. The van der Waals surface area contributed by atoms with Crippen LogP contribution in [-0.2, 0) is 12.8 Å². The van der Waals surface area contributed by atoms with Crippen molar-refractivity contribution in [2.24, 2.45) is 4.99 Å². The lowest BCUT2D eigenvalue weighted by Crippen LogP contribution is -2.15. The third-order valence-corrected chi connectivity index (χ3v) is 3.87. The van der Waals surface area contributed by atoms with E-state index in [1.165, 1.54) is 5.56 Å². The third kappa shape index (κ3) is 2.39. The van der Waals surface area contributed by atoms with Crippen molar-refractivity contribution >= 4 is 24.3 Å². The van der Waals surface area contributed by atoms with Gasteiger partial charge in [0.2, 0.25) is 0 Å². The van der Waals surface area contributed by atoms with Crippen molar-refractivity contribution in [1.82, 2.24) is 15.0 Å². The number of aryl methyl sites for hydroxylation is 1. The van der Waals surface area contributed by atoms with Crippen LogP contribution in [0.25, 0.3) is 17.6 Å². The number of anilines is 1. The average Bonchev–Trinajstić information content (AvgIpc) is 3.01. The van der Waals surface area contributed by atoms with E-state index in [4.69, 9.17) is 9.97 Å². The molecule has 3 rings (SSSR count). The average molecular weight is 293 g/mol. The van der Waals surface area contributed by atoms with Crippen molar-refractivity contribution in [3.8, 4) is 11.5 Å². The Hall–Kier alpha value is -2.56. The second-order valence-electron chi connectivity index (χ2n) is 5.53. The smallest absolute Gasteiger partial charge is 0.180 e. The largest absolute Gasteiger partial charge is 0.362 e. The van der Waals surface area contributed by atoms with Gasteiger partial charge in [-0.2, -0.15) is 0 Å². The summed E-state index contributed by atoms with van der Waals surface area (Å²) in [5.74, 6) is 1.65. The van der Waals surface area contributed by atoms with E-state index in [9.17, 15) is 0 Å². The van der Waals surface area contributed by atoms with Crippen LogP contribution in [0.1, 0.15) is 23.2 Å². The second kappa shape index (κ2) is 5.67. The van der Waals surface area contributed by atoms with Crippen molar-refractivity contribution in [1.29, 1.82) is 0 Å². The summed E-state index contributed by atoms with van der Waals surface area (Å²) in [4.78, 5) is 19.9. The fourth-order valence-electron chi connectivity index (χ4n) is 2.78. The molecule has 0 unspecified atom stereocenters. The molecule has 0 saturated heterocycles. The van der Waals surface area contributed by atoms with E-state index in [0.717, 1.165) is 42.0 Å². The molecule has 5 heteroatoms. The van der Waals surface area contributed by atoms with Gasteiger partial charge in [-0.1, -0.05) is 12.7 Å². The zero-order valence-electron chi connectivity index (χ0n) is 13.0. The summed E-state index contributed by atoms with van der Waals surface area (Å²) in [6.07, 6.45) is 6.62. The fourth-order valence-corrected chi connectivity index (χ4v) is 2.78. The van der Waals surface area contributed by atoms with Gasteiger partial charge in [0.05, 0.1) is 11.9 Å². The van der Waals surface area contributed by atoms with Crippen LogP contribution in [0.4, 0.5) is 11.5 Å². The Kier molecular flexibility index (Phi) is 3.71. The number of aromatic nitrogens is 3. The van der Waals surface area contributed by atoms with Crippen molar-refractivity contribution in [2.45, 2.75) is 19.3 Å². The quantitative estimate of drug-likeness (QED) is 0.813. The summed E-state index contributed by atoms with van der Waals surface area (Å²) in [7, 11) is 4.02. The third-order valence-electron chi connectivity index (χ3n) is 3.87. The van der Waals surface area contributed by atoms with Crippen molar-refractivity contribution < 1.29 is 0 Å². The molecule has 0 amide bonds. The lowest BCUT2D eigenvalue weighted by molar-refractivity contribution is 0.898. The number of nitrogens with zero attached hydrogens (tertiary/aromatic N) is 5. The van der Waals surface area contributed by atoms with Crippen LogP contribution in [-0.4, -0.2) is 35.8 Å². The van der Waals surface area contributed by atoms with Gasteiger partial charge in [0.25, 0.3) is 0 Å². The minimum absolute atomic E-state index is 0.656. The monoisotopic (exact) mass is 293 g/mol. The van der Waals surface area contributed by atoms with Crippen LogP contribution in [0.3, 0.4) is 0 Å². The molecule has 0 fully saturated rings. The first-order valence-electron chi connectivity index (χ1n) is 7.30. The summed E-state index contributed by atoms with van der Waals surface area (Å²) in [5, 5.41) is 0. The van der Waals surface area contributed by atoms with Gasteiger partial charge in [-0.05, 0) is 32.0 Å². The number of fused-ring (bicyclic) bond motifs is 1. The van der Waals surface area contributed by atoms with E-state index in [0.29, 0.717) is 11.5 Å². The van der Waals surface area contributed by atoms with Crippen LogP contribution in [0.5, 0.6) is 0 Å². The SMILES string of the molecule is C=Cc1cc(-c2nc3c(c(N(C)C)n2)CCC3)ncc1N=C. The molecular formula is C17H19N5. The molecule has 2 aromatic heterocycles. The van der Waals surface area contributed by atoms with Crippen molar-refractivity contribution in [3.63, 3.8) is 0 Å². The molecule has 1 aliphatic carbocycles. The molecule has 0 saturated carbocycles. The molecule has 0 aromatic carbocycles. The number of pyridine rings is 1. The Morgan fingerprint density at radius 1 is 1.27 bits per heavy atom. The highest BCUT2D eigenvalue weighted by Crippen LogP contribution is 2.31. The number of hydrogen-bond donors (Lipinski definition) is 0. The molecular weight excluding hydrogens is 274 g/mol. The summed E-state index contributed by atoms with van der Waals surface area (Å²) in [6.45, 7) is 7.36. The molecule has 1 aliphatic rings. The molecule has 0 aliphatic heterocycles. The summed E-state index contributed by atoms with van der Waals surface area (Å²) in [5.41, 5.74) is 4.74. The predicted molar refractivity (Wildman–Crippen MR) is 90.9 cm³/mol. The van der Waals surface area contributed by atoms with Crippen LogP contribution >= 0.6 is 0 Å². The summed E-state index contributed by atoms with van der Waals surface area (Å²) >= 11 is 0. The van der Waals surface area contributed by atoms with Crippen LogP contribution in [0.2, 0.25) is 0 Å². The first-order chi connectivity index (χ1) is 10.6. The normalized spacial score (nSPS) is 12.8. The molecule has 2 aromatic rings. The van der Waals surface area contributed by atoms with E-state index in [1.807, 2.05) is 25.1 Å². The van der Waals surface area contributed by atoms with E-state index in [-0.39, 0.29) is 0 Å². The molecule has 0 atom stereocenters. The highest BCUT2D eigenvalue weighted by Gasteiger charge is 2.21. The summed E-state index contributed by atoms with van der Waals surface area (Å²) in [6, 6.07) is 1.91. The molecule has 112 valence electrons. The Bertz CT molecular complexity index is 749. The van der Waals surface area contributed by atoms with Crippen molar-refractivity contribution in [2.75, 3.05) is 19.0 Å². The first-order valence-corrected chi connectivity index (χ1v) is 7.30. The molecule has 0 spiro atoms. The highest BCUT2D eigenvalue weighted by atomic mass is 15.2. The molecule has 22 heavy (non-hydrogen) atoms. The van der Waals surface area contributed by atoms with Gasteiger partial charge in [0, 0.05) is 30.9 Å². The molecule has 2 heterocycles. The Balaban J connectivity index is 2.15. The zero-order valence-corrected chi connectivity index (χ0v) is 13.0. The van der Waals surface area contributed by atoms with Gasteiger partial charge < -0.3 is 4.90 Å². The number of hydrogen-bond acceptors (Lipinski definition) is 5. The zero-order chi connectivity index (χ0) is 15.7. The molecule has 0 radical (unpaired) electrons. The minimum atomic E-state index is 0.656. The molecule has 0 N–H and O–H groups in total. The molecule has 0 bridgehead atoms. The van der Waals surface area contributed by atoms with Gasteiger partial charge in [0.1, 0.15) is 11.5 Å². The maximum absolute atomic E-state index is 4.72. The second-order valence-corrected chi connectivity index (χ2v) is 5.53. The van der Waals surface area contributed by atoms with E-state index in [1.54, 1.807) is 12.3 Å². The summed E-state index contributed by atoms with van der Waals surface area (Å²) < 4.78 is 0. The Morgan fingerprint density at radius 2 is 2.09 bits per heavy atom. The lowest BCUT2D eigenvalue weighted by Gasteiger charge is -2.16. The van der Waals surface area contributed by atoms with E-state index in [2.05, 4.69) is 23.3 Å². The Labute approximate surface area is 130 Å². The first kappa shape index (κ1) is 14.4. The standard InChI is InChI=1S/C17H19N5/c1-5-11-9-14(19-10-15(11)18-2)16-20-13-8-6-7-12(13)17(21-16)22(3)4/h5,9-10H,1-2,6-8H2,3-4H3. The maximum Gasteiger partial charge on any atom is 0.180 e. The molecule has 5 nitrogen and oxygen atoms in total. The van der Waals surface area contributed by atoms with Gasteiger partial charge in [-0.3, -0.25) is 9.98 Å². The lowest BCUT2D eigenvalue weighted by atomic mass is 10.1. The van der Waals surface area contributed by atoms with E-state index >= 15 is 0 Å². The van der Waals surface area contributed by atoms with Gasteiger partial charge in [-0.15, -0.1) is 0 Å². The topological polar surface area (TPSA) is 54.3 Å². The van der Waals surface area contributed by atoms with E-state index < -0.39 is 0 Å².